The van der Waals surface area contributed by atoms with Crippen LogP contribution >= 0.6 is 0 Å². The predicted octanol–water partition coefficient (Wildman–Crippen LogP) is 0.0594. The van der Waals surface area contributed by atoms with E-state index in [1.165, 1.54) is 0 Å². The topological polar surface area (TPSA) is 73.0 Å². The Balaban J connectivity index is 1.33. The molecule has 1 N–H and O–H groups in total. The number of rotatable bonds is 5. The maximum atomic E-state index is 12.4. The Morgan fingerprint density at radius 3 is 1.96 bits per heavy atom. The van der Waals surface area contributed by atoms with Gasteiger partial charge in [0.1, 0.15) is 0 Å². The molecule has 0 unspecified atom stereocenters. The van der Waals surface area contributed by atoms with Crippen LogP contribution in [0.4, 0.5) is 0 Å². The minimum atomic E-state index is -0.100. The summed E-state index contributed by atoms with van der Waals surface area (Å²) in [5.41, 5.74) is 0. The van der Waals surface area contributed by atoms with Gasteiger partial charge in [-0.15, -0.1) is 0 Å². The van der Waals surface area contributed by atoms with Gasteiger partial charge in [-0.3, -0.25) is 19.3 Å². The Morgan fingerprint density at radius 2 is 1.36 bits per heavy atom. The quantitative estimate of drug-likeness (QED) is 0.761. The van der Waals surface area contributed by atoms with Gasteiger partial charge < -0.3 is 15.1 Å². The van der Waals surface area contributed by atoms with E-state index in [1.54, 1.807) is 0 Å². The molecule has 0 spiro atoms. The smallest absolute Gasteiger partial charge is 0.241 e. The van der Waals surface area contributed by atoms with Gasteiger partial charge >= 0.3 is 0 Å². The molecule has 3 rings (SSSR count). The van der Waals surface area contributed by atoms with Crippen LogP contribution in [0.25, 0.3) is 0 Å². The van der Waals surface area contributed by atoms with Crippen molar-refractivity contribution in [2.75, 3.05) is 52.4 Å². The predicted molar refractivity (Wildman–Crippen MR) is 93.8 cm³/mol. The van der Waals surface area contributed by atoms with Crippen molar-refractivity contribution in [3.8, 4) is 0 Å². The van der Waals surface area contributed by atoms with Crippen molar-refractivity contribution < 1.29 is 14.4 Å². The van der Waals surface area contributed by atoms with E-state index in [0.717, 1.165) is 77.8 Å². The zero-order chi connectivity index (χ0) is 17.6. The number of amides is 3. The first kappa shape index (κ1) is 18.2. The Morgan fingerprint density at radius 1 is 0.800 bits per heavy atom. The lowest BCUT2D eigenvalue weighted by Crippen LogP contribution is -2.46. The lowest BCUT2D eigenvalue weighted by atomic mass is 9.95. The van der Waals surface area contributed by atoms with Gasteiger partial charge in [0.15, 0.2) is 0 Å². The average molecular weight is 350 g/mol. The van der Waals surface area contributed by atoms with E-state index in [4.69, 9.17) is 0 Å². The lowest BCUT2D eigenvalue weighted by Gasteiger charge is -2.32. The molecule has 25 heavy (non-hydrogen) atoms. The van der Waals surface area contributed by atoms with Gasteiger partial charge in [-0.2, -0.15) is 0 Å². The molecule has 3 amide bonds. The highest BCUT2D eigenvalue weighted by Crippen LogP contribution is 2.21. The summed E-state index contributed by atoms with van der Waals surface area (Å²) in [7, 11) is 0. The third kappa shape index (κ3) is 4.93. The van der Waals surface area contributed by atoms with Gasteiger partial charge in [0.05, 0.1) is 13.1 Å². The van der Waals surface area contributed by atoms with E-state index in [1.807, 2.05) is 9.80 Å². The van der Waals surface area contributed by atoms with Gasteiger partial charge in [0.25, 0.3) is 0 Å². The largest absolute Gasteiger partial charge is 0.346 e. The molecule has 0 radical (unpaired) electrons. The first-order valence-electron chi connectivity index (χ1n) is 9.69. The van der Waals surface area contributed by atoms with Crippen molar-refractivity contribution in [2.24, 2.45) is 5.92 Å². The first-order chi connectivity index (χ1) is 12.1. The zero-order valence-electron chi connectivity index (χ0n) is 15.0. The monoisotopic (exact) mass is 350 g/mol. The second kappa shape index (κ2) is 8.65. The van der Waals surface area contributed by atoms with E-state index in [2.05, 4.69) is 10.2 Å². The second-order valence-corrected chi connectivity index (χ2v) is 7.45. The summed E-state index contributed by atoms with van der Waals surface area (Å²) in [6, 6.07) is 0. The van der Waals surface area contributed by atoms with Gasteiger partial charge in [-0.1, -0.05) is 0 Å². The first-order valence-corrected chi connectivity index (χ1v) is 9.69. The van der Waals surface area contributed by atoms with Crippen molar-refractivity contribution in [2.45, 2.75) is 38.5 Å². The summed E-state index contributed by atoms with van der Waals surface area (Å²) in [5.74, 6) is 0.338. The summed E-state index contributed by atoms with van der Waals surface area (Å²) in [5, 5.41) is 2.74. The molecule has 140 valence electrons. The highest BCUT2D eigenvalue weighted by atomic mass is 16.2. The fourth-order valence-electron chi connectivity index (χ4n) is 4.05. The molecule has 7 nitrogen and oxygen atoms in total. The molecule has 0 aromatic carbocycles. The Labute approximate surface area is 149 Å². The molecule has 0 bridgehead atoms. The molecule has 7 heteroatoms. The zero-order valence-corrected chi connectivity index (χ0v) is 15.0. The summed E-state index contributed by atoms with van der Waals surface area (Å²) < 4.78 is 0. The highest BCUT2D eigenvalue weighted by molar-refractivity contribution is 5.85. The summed E-state index contributed by atoms with van der Waals surface area (Å²) in [4.78, 5) is 42.3. The number of piperidine rings is 1. The lowest BCUT2D eigenvalue weighted by molar-refractivity contribution is -0.136. The van der Waals surface area contributed by atoms with Crippen molar-refractivity contribution in [1.29, 1.82) is 0 Å². The highest BCUT2D eigenvalue weighted by Gasteiger charge is 2.30. The molecule has 3 saturated heterocycles. The molecule has 3 aliphatic heterocycles. The normalized spacial score (nSPS) is 22.4. The number of hydrogen-bond donors (Lipinski definition) is 1. The number of carbonyl (C=O) groups is 3. The second-order valence-electron chi connectivity index (χ2n) is 7.45. The molecule has 3 aliphatic rings. The molecule has 3 heterocycles. The standard InChI is InChI=1S/C18H30N4O3/c23-16(19-13-17(24)21-7-1-2-8-21)14-20-11-5-15(6-12-20)18(25)22-9-3-4-10-22/h15H,1-14H2,(H,19,23). The molecule has 0 saturated carbocycles. The third-order valence-electron chi connectivity index (χ3n) is 5.62. The Bertz CT molecular complexity index is 491. The summed E-state index contributed by atoms with van der Waals surface area (Å²) in [6.45, 7) is 5.41. The van der Waals surface area contributed by atoms with Gasteiger partial charge in [-0.25, -0.2) is 0 Å². The van der Waals surface area contributed by atoms with Crippen LogP contribution in [0, 0.1) is 5.92 Å². The van der Waals surface area contributed by atoms with E-state index in [0.29, 0.717) is 12.5 Å². The van der Waals surface area contributed by atoms with Crippen molar-refractivity contribution in [3.05, 3.63) is 0 Å². The van der Waals surface area contributed by atoms with E-state index >= 15 is 0 Å². The van der Waals surface area contributed by atoms with Crippen LogP contribution in [0.5, 0.6) is 0 Å². The van der Waals surface area contributed by atoms with Gasteiger partial charge in [0.2, 0.25) is 17.7 Å². The number of nitrogens with one attached hydrogen (secondary N) is 1. The third-order valence-corrected chi connectivity index (χ3v) is 5.62. The molecular weight excluding hydrogens is 320 g/mol. The van der Waals surface area contributed by atoms with E-state index < -0.39 is 0 Å². The minimum absolute atomic E-state index is 0.0146. The Hall–Kier alpha value is -1.63. The van der Waals surface area contributed by atoms with Crippen LogP contribution in [-0.2, 0) is 14.4 Å². The SMILES string of the molecule is O=C(CN1CCC(C(=O)N2CCCC2)CC1)NCC(=O)N1CCCC1. The maximum Gasteiger partial charge on any atom is 0.241 e. The van der Waals surface area contributed by atoms with Crippen molar-refractivity contribution in [1.82, 2.24) is 20.0 Å². The molecule has 0 aromatic heterocycles. The van der Waals surface area contributed by atoms with Crippen LogP contribution in [0.1, 0.15) is 38.5 Å². The van der Waals surface area contributed by atoms with E-state index in [-0.39, 0.29) is 24.3 Å². The maximum absolute atomic E-state index is 12.4. The fraction of sp³-hybridized carbons (Fsp3) is 0.833. The minimum Gasteiger partial charge on any atom is -0.346 e. The van der Waals surface area contributed by atoms with Gasteiger partial charge in [-0.05, 0) is 51.6 Å². The number of carbonyl (C=O) groups excluding carboxylic acids is 3. The molecule has 0 atom stereocenters. The summed E-state index contributed by atoms with van der Waals surface area (Å²) in [6.07, 6.45) is 6.03. The van der Waals surface area contributed by atoms with Crippen LogP contribution in [-0.4, -0.2) is 84.8 Å². The Kier molecular flexibility index (Phi) is 6.29. The summed E-state index contributed by atoms with van der Waals surface area (Å²) >= 11 is 0. The number of nitrogens with zero attached hydrogens (tertiary/aromatic N) is 3. The molecule has 3 fully saturated rings. The number of likely N-dealkylation sites (tertiary alicyclic amines) is 3. The van der Waals surface area contributed by atoms with Crippen LogP contribution in [0.2, 0.25) is 0 Å². The van der Waals surface area contributed by atoms with Crippen LogP contribution in [0.15, 0.2) is 0 Å². The van der Waals surface area contributed by atoms with Gasteiger partial charge in [0, 0.05) is 32.1 Å². The number of hydrogen-bond acceptors (Lipinski definition) is 4. The van der Waals surface area contributed by atoms with Crippen LogP contribution in [0.3, 0.4) is 0 Å². The van der Waals surface area contributed by atoms with Crippen LogP contribution < -0.4 is 5.32 Å². The van der Waals surface area contributed by atoms with Crippen molar-refractivity contribution in [3.63, 3.8) is 0 Å². The van der Waals surface area contributed by atoms with Crippen molar-refractivity contribution >= 4 is 17.7 Å². The average Bonchev–Trinajstić information content (AvgIpc) is 3.33. The molecule has 0 aromatic rings. The van der Waals surface area contributed by atoms with E-state index in [9.17, 15) is 14.4 Å². The fourth-order valence-corrected chi connectivity index (χ4v) is 4.05. The molecular formula is C18H30N4O3. The molecule has 0 aliphatic carbocycles.